The molecule has 0 bridgehead atoms. The molecule has 0 aromatic heterocycles. The Bertz CT molecular complexity index is 2920. The molecule has 0 aliphatic heterocycles. The first-order chi connectivity index (χ1) is 35.0. The summed E-state index contributed by atoms with van der Waals surface area (Å²) in [4.78, 5) is 0. The van der Waals surface area contributed by atoms with E-state index < -0.39 is 65.3 Å². The molecule has 0 saturated heterocycles. The van der Waals surface area contributed by atoms with Crippen molar-refractivity contribution < 1.29 is 0 Å². The van der Waals surface area contributed by atoms with Gasteiger partial charge in [-0.2, -0.15) is 0 Å². The second-order valence-corrected chi connectivity index (χ2v) is 64.2. The average molecular weight is 1090 g/mol. The SMILES string of the molecule is CC[Si@](C)(C[Si@](C)(C[SiH](C[Si@@](C)(C[Si@](C)(C[Si@](C)(C[Si@@](C)(C[Si](C)(C)c1ccccc1)c1ccccc1)c1ccccc1)c1ccccc1)c1ccccc1)c1ccccc1)c1ccccc1)c1ccccc1. The molecule has 1 unspecified atom stereocenters. The molecule has 0 fully saturated rings. The molecule has 8 aromatic rings. The van der Waals surface area contributed by atoms with E-state index in [0.29, 0.717) is 0 Å². The first-order valence-electron chi connectivity index (χ1n) is 27.4. The highest BCUT2D eigenvalue weighted by atomic mass is 28.4. The van der Waals surface area contributed by atoms with Crippen LogP contribution in [0.2, 0.25) is 98.1 Å². The fourth-order valence-corrected chi connectivity index (χ4v) is 90.1. The maximum absolute atomic E-state index is 2.88. The smallest absolute Gasteiger partial charge is 0.0675 e. The molecule has 8 aromatic carbocycles. The summed E-state index contributed by atoms with van der Waals surface area (Å²) in [7, 11) is -16.1. The van der Waals surface area contributed by atoms with Gasteiger partial charge in [0.05, 0.1) is 65.3 Å². The third-order valence-corrected chi connectivity index (χ3v) is 75.7. The van der Waals surface area contributed by atoms with E-state index in [4.69, 9.17) is 0 Å². The highest BCUT2D eigenvalue weighted by molar-refractivity contribution is 7.20. The van der Waals surface area contributed by atoms with Crippen LogP contribution in [0.5, 0.6) is 0 Å². The summed E-state index contributed by atoms with van der Waals surface area (Å²) in [6.45, 7) is 24.8. The second kappa shape index (κ2) is 23.6. The molecule has 8 rings (SSSR count). The van der Waals surface area contributed by atoms with Gasteiger partial charge in [-0.15, -0.1) is 0 Å². The van der Waals surface area contributed by atoms with Crippen molar-refractivity contribution in [3.8, 4) is 0 Å². The Morgan fingerprint density at radius 2 is 0.466 bits per heavy atom. The molecule has 73 heavy (non-hydrogen) atoms. The van der Waals surface area contributed by atoms with E-state index in [1.807, 2.05) is 0 Å². The van der Waals surface area contributed by atoms with Gasteiger partial charge in [0.15, 0.2) is 0 Å². The van der Waals surface area contributed by atoms with Crippen LogP contribution in [-0.2, 0) is 0 Å². The maximum atomic E-state index is 2.88. The summed E-state index contributed by atoms with van der Waals surface area (Å²) < 4.78 is 0. The summed E-state index contributed by atoms with van der Waals surface area (Å²) in [5, 5.41) is 13.3. The average Bonchev–Trinajstić information content (AvgIpc) is 3.42. The molecule has 0 saturated carbocycles. The Morgan fingerprint density at radius 1 is 0.247 bits per heavy atom. The van der Waals surface area contributed by atoms with Crippen LogP contribution in [0.4, 0.5) is 0 Å². The van der Waals surface area contributed by atoms with Crippen molar-refractivity contribution in [1.82, 2.24) is 0 Å². The minimum Gasteiger partial charge on any atom is -0.0675 e. The topological polar surface area (TPSA) is 0 Å². The van der Waals surface area contributed by atoms with E-state index in [1.54, 1.807) is 41.5 Å². The van der Waals surface area contributed by atoms with Crippen molar-refractivity contribution in [3.05, 3.63) is 243 Å². The van der Waals surface area contributed by atoms with Crippen LogP contribution in [0, 0.1) is 0 Å². The third kappa shape index (κ3) is 13.1. The van der Waals surface area contributed by atoms with Crippen LogP contribution in [0.1, 0.15) is 6.92 Å². The minimum absolute atomic E-state index is 1.28. The molecular formula is C65H84Si8. The highest BCUT2D eigenvalue weighted by Crippen LogP contribution is 2.38. The molecule has 0 amide bonds. The fourth-order valence-electron chi connectivity index (χ4n) is 14.4. The van der Waals surface area contributed by atoms with Gasteiger partial charge in [0.25, 0.3) is 0 Å². The molecule has 8 heteroatoms. The van der Waals surface area contributed by atoms with Gasteiger partial charge in [-0.1, -0.05) is 389 Å². The van der Waals surface area contributed by atoms with Crippen molar-refractivity contribution in [2.75, 3.05) is 0 Å². The summed E-state index contributed by atoms with van der Waals surface area (Å²) in [5.41, 5.74) is 9.70. The normalized spacial score (nSPS) is 17.3. The highest BCUT2D eigenvalue weighted by Gasteiger charge is 2.52. The van der Waals surface area contributed by atoms with Crippen molar-refractivity contribution in [2.24, 2.45) is 0 Å². The molecule has 0 nitrogen and oxygen atoms in total. The number of rotatable bonds is 23. The maximum Gasteiger partial charge on any atom is 0.0811 e. The van der Waals surface area contributed by atoms with E-state index in [-0.39, 0.29) is 0 Å². The van der Waals surface area contributed by atoms with Crippen LogP contribution < -0.4 is 41.5 Å². The lowest BCUT2D eigenvalue weighted by atomic mass is 10.4. The van der Waals surface area contributed by atoms with Crippen LogP contribution >= 0.6 is 0 Å². The van der Waals surface area contributed by atoms with Gasteiger partial charge in [0.2, 0.25) is 0 Å². The predicted octanol–water partition coefficient (Wildman–Crippen LogP) is 12.4. The third-order valence-electron chi connectivity index (χ3n) is 17.8. The summed E-state index contributed by atoms with van der Waals surface area (Å²) in [5.74, 6) is 0. The van der Waals surface area contributed by atoms with Gasteiger partial charge in [-0.25, -0.2) is 0 Å². The van der Waals surface area contributed by atoms with E-state index in [9.17, 15) is 0 Å². The summed E-state index contributed by atoms with van der Waals surface area (Å²) in [6.07, 6.45) is 0. The number of hydrogen-bond acceptors (Lipinski definition) is 0. The van der Waals surface area contributed by atoms with Crippen LogP contribution in [-0.4, -0.2) is 65.3 Å². The number of hydrogen-bond donors (Lipinski definition) is 0. The van der Waals surface area contributed by atoms with Crippen molar-refractivity contribution in [2.45, 2.75) is 105 Å². The number of benzene rings is 8. The first-order valence-corrected chi connectivity index (χ1v) is 50.3. The quantitative estimate of drug-likeness (QED) is 0.0560. The van der Waals surface area contributed by atoms with E-state index in [1.165, 1.54) is 45.7 Å². The lowest BCUT2D eigenvalue weighted by Crippen LogP contribution is -2.67. The van der Waals surface area contributed by atoms with Crippen LogP contribution in [0.15, 0.2) is 243 Å². The first kappa shape index (κ1) is 54.7. The molecule has 0 aliphatic rings. The molecule has 376 valence electrons. The standard InChI is InChI=1S/C65H84Si8/c1-10-68(4,60-39-23-13-24-40-60)54-69(5,61-41-25-14-26-42-61)51-66(58-35-19-11-20-36-58)52-70(6,62-43-27-15-28-44-62)55-72(8,64-47-31-17-32-48-64)57-73(9,65-49-33-18-34-50-65)56-71(7,63-45-29-16-30-46-63)53-67(2,3)59-37-21-12-22-38-59/h11-50,66H,10,51-57H2,1-9H3/t66?,68-,69+,70+,71-,72-,73+/m1/s1. The Labute approximate surface area is 451 Å². The largest absolute Gasteiger partial charge is 0.0811 e. The zero-order valence-electron chi connectivity index (χ0n) is 45.8. The summed E-state index contributed by atoms with van der Waals surface area (Å²) >= 11 is 0. The second-order valence-electron chi connectivity index (χ2n) is 24.6. The predicted molar refractivity (Wildman–Crippen MR) is 347 cm³/mol. The van der Waals surface area contributed by atoms with E-state index >= 15 is 0 Å². The van der Waals surface area contributed by atoms with Gasteiger partial charge < -0.3 is 0 Å². The van der Waals surface area contributed by atoms with Crippen LogP contribution in [0.3, 0.4) is 0 Å². The molecule has 0 aliphatic carbocycles. The Kier molecular flexibility index (Phi) is 17.7. The van der Waals surface area contributed by atoms with Gasteiger partial charge >= 0.3 is 0 Å². The van der Waals surface area contributed by atoms with Crippen molar-refractivity contribution in [1.29, 1.82) is 0 Å². The molecule has 0 N–H and O–H groups in total. The molecule has 0 radical (unpaired) electrons. The molecule has 0 spiro atoms. The van der Waals surface area contributed by atoms with Crippen molar-refractivity contribution in [3.63, 3.8) is 0 Å². The van der Waals surface area contributed by atoms with Gasteiger partial charge in [-0.3, -0.25) is 0 Å². The fraction of sp³-hybridized carbons (Fsp3) is 0.262. The van der Waals surface area contributed by atoms with E-state index in [0.717, 1.165) is 0 Å². The van der Waals surface area contributed by atoms with Gasteiger partial charge in [0, 0.05) is 0 Å². The minimum atomic E-state index is -2.27. The zero-order valence-corrected chi connectivity index (χ0v) is 54.0. The Balaban J connectivity index is 1.26. The van der Waals surface area contributed by atoms with Gasteiger partial charge in [-0.05, 0) is 0 Å². The molecule has 7 atom stereocenters. The molecule has 0 heterocycles. The lowest BCUT2D eigenvalue weighted by Gasteiger charge is -2.47. The van der Waals surface area contributed by atoms with Gasteiger partial charge in [0.1, 0.15) is 0 Å². The van der Waals surface area contributed by atoms with Crippen LogP contribution in [0.25, 0.3) is 0 Å². The molecular weight excluding hydrogens is 1010 g/mol. The van der Waals surface area contributed by atoms with Crippen molar-refractivity contribution >= 4 is 107 Å². The Morgan fingerprint density at radius 3 is 0.767 bits per heavy atom. The lowest BCUT2D eigenvalue weighted by molar-refractivity contribution is 1.34. The Hall–Kier alpha value is -4.50. The zero-order chi connectivity index (χ0) is 51.6. The monoisotopic (exact) mass is 1090 g/mol. The summed E-state index contributed by atoms with van der Waals surface area (Å²) in [6, 6.07) is 97.3. The van der Waals surface area contributed by atoms with E-state index in [2.05, 4.69) is 302 Å².